The molecule has 0 spiro atoms. The molecule has 0 unspecified atom stereocenters. The fourth-order valence-electron chi connectivity index (χ4n) is 2.87. The van der Waals surface area contributed by atoms with E-state index >= 15 is 0 Å². The SMILES string of the molecule is Cc1cc(C)cc(Cc2nc(=S)c3c([nH]2)CCNC3)c1. The van der Waals surface area contributed by atoms with Crippen LogP contribution in [0.2, 0.25) is 0 Å². The third-order valence-corrected chi connectivity index (χ3v) is 4.00. The van der Waals surface area contributed by atoms with E-state index in [1.807, 2.05) is 0 Å². The van der Waals surface area contributed by atoms with Gasteiger partial charge in [0.1, 0.15) is 10.5 Å². The highest BCUT2D eigenvalue weighted by atomic mass is 32.1. The van der Waals surface area contributed by atoms with Crippen LogP contribution in [0.4, 0.5) is 0 Å². The van der Waals surface area contributed by atoms with Gasteiger partial charge in [-0.25, -0.2) is 4.98 Å². The van der Waals surface area contributed by atoms with Crippen molar-refractivity contribution in [2.24, 2.45) is 0 Å². The molecular weight excluding hydrogens is 266 g/mol. The maximum atomic E-state index is 5.42. The molecule has 20 heavy (non-hydrogen) atoms. The van der Waals surface area contributed by atoms with E-state index in [9.17, 15) is 0 Å². The number of H-pyrrole nitrogens is 1. The smallest absolute Gasteiger partial charge is 0.134 e. The fraction of sp³-hybridized carbons (Fsp3) is 0.375. The molecule has 2 heterocycles. The summed E-state index contributed by atoms with van der Waals surface area (Å²) in [5, 5.41) is 3.34. The Kier molecular flexibility index (Phi) is 3.68. The molecule has 0 saturated heterocycles. The van der Waals surface area contributed by atoms with Crippen molar-refractivity contribution in [3.05, 3.63) is 56.6 Å². The van der Waals surface area contributed by atoms with Gasteiger partial charge in [0.25, 0.3) is 0 Å². The highest BCUT2D eigenvalue weighted by Gasteiger charge is 2.13. The first kappa shape index (κ1) is 13.5. The molecule has 1 aliphatic heterocycles. The summed E-state index contributed by atoms with van der Waals surface area (Å²) in [4.78, 5) is 8.04. The van der Waals surface area contributed by atoms with Crippen LogP contribution in [0.5, 0.6) is 0 Å². The highest BCUT2D eigenvalue weighted by molar-refractivity contribution is 7.71. The van der Waals surface area contributed by atoms with E-state index in [0.717, 1.165) is 42.0 Å². The van der Waals surface area contributed by atoms with Gasteiger partial charge in [-0.2, -0.15) is 0 Å². The topological polar surface area (TPSA) is 40.7 Å². The number of aryl methyl sites for hydroxylation is 2. The lowest BCUT2D eigenvalue weighted by Crippen LogP contribution is -2.26. The van der Waals surface area contributed by atoms with Crippen molar-refractivity contribution in [2.75, 3.05) is 6.54 Å². The second kappa shape index (κ2) is 5.46. The minimum atomic E-state index is 0.741. The maximum absolute atomic E-state index is 5.42. The van der Waals surface area contributed by atoms with Crippen LogP contribution in [-0.4, -0.2) is 16.5 Å². The normalized spacial score (nSPS) is 14.1. The van der Waals surface area contributed by atoms with Crippen molar-refractivity contribution >= 4 is 12.2 Å². The van der Waals surface area contributed by atoms with Crippen LogP contribution in [0.3, 0.4) is 0 Å². The minimum Gasteiger partial charge on any atom is -0.346 e. The van der Waals surface area contributed by atoms with Gasteiger partial charge in [-0.05, 0) is 19.4 Å². The Morgan fingerprint density at radius 3 is 2.70 bits per heavy atom. The predicted molar refractivity (Wildman–Crippen MR) is 83.6 cm³/mol. The van der Waals surface area contributed by atoms with Crippen molar-refractivity contribution in [2.45, 2.75) is 33.2 Å². The Morgan fingerprint density at radius 2 is 1.95 bits per heavy atom. The van der Waals surface area contributed by atoms with Crippen LogP contribution in [0, 0.1) is 18.5 Å². The highest BCUT2D eigenvalue weighted by Crippen LogP contribution is 2.16. The largest absolute Gasteiger partial charge is 0.346 e. The minimum absolute atomic E-state index is 0.741. The van der Waals surface area contributed by atoms with E-state index in [0.29, 0.717) is 0 Å². The van der Waals surface area contributed by atoms with Crippen molar-refractivity contribution in [1.82, 2.24) is 15.3 Å². The first-order valence-electron chi connectivity index (χ1n) is 7.00. The molecule has 0 atom stereocenters. The quantitative estimate of drug-likeness (QED) is 0.833. The Bertz CT molecular complexity index is 683. The third kappa shape index (κ3) is 2.81. The number of aromatic nitrogens is 2. The zero-order valence-electron chi connectivity index (χ0n) is 11.9. The van der Waals surface area contributed by atoms with Crippen LogP contribution in [-0.2, 0) is 19.4 Å². The van der Waals surface area contributed by atoms with Gasteiger partial charge in [-0.15, -0.1) is 0 Å². The molecule has 3 rings (SSSR count). The zero-order chi connectivity index (χ0) is 14.1. The Labute approximate surface area is 124 Å². The molecule has 0 radical (unpaired) electrons. The maximum Gasteiger partial charge on any atom is 0.134 e. The lowest BCUT2D eigenvalue weighted by Gasteiger charge is -2.17. The van der Waals surface area contributed by atoms with Crippen LogP contribution >= 0.6 is 12.2 Å². The lowest BCUT2D eigenvalue weighted by molar-refractivity contribution is 0.619. The molecule has 2 aromatic rings. The molecule has 0 saturated carbocycles. The van der Waals surface area contributed by atoms with Crippen molar-refractivity contribution in [1.29, 1.82) is 0 Å². The van der Waals surface area contributed by atoms with Crippen molar-refractivity contribution < 1.29 is 0 Å². The van der Waals surface area contributed by atoms with E-state index in [1.54, 1.807) is 0 Å². The molecule has 0 amide bonds. The van der Waals surface area contributed by atoms with Gasteiger partial charge in [0.2, 0.25) is 0 Å². The molecule has 1 aromatic heterocycles. The van der Waals surface area contributed by atoms with Gasteiger partial charge in [0, 0.05) is 37.2 Å². The summed E-state index contributed by atoms with van der Waals surface area (Å²) >= 11 is 5.42. The zero-order valence-corrected chi connectivity index (χ0v) is 12.7. The Morgan fingerprint density at radius 1 is 1.20 bits per heavy atom. The summed E-state index contributed by atoms with van der Waals surface area (Å²) in [5.74, 6) is 0.973. The summed E-state index contributed by atoms with van der Waals surface area (Å²) in [5.41, 5.74) is 6.29. The molecule has 0 aliphatic carbocycles. The van der Waals surface area contributed by atoms with E-state index in [-0.39, 0.29) is 0 Å². The number of hydrogen-bond acceptors (Lipinski definition) is 3. The summed E-state index contributed by atoms with van der Waals surface area (Å²) in [7, 11) is 0. The molecular formula is C16H19N3S. The number of nitrogens with one attached hydrogen (secondary N) is 2. The van der Waals surface area contributed by atoms with Crippen LogP contribution in [0.15, 0.2) is 18.2 Å². The summed E-state index contributed by atoms with van der Waals surface area (Å²) < 4.78 is 0.741. The van der Waals surface area contributed by atoms with Crippen molar-refractivity contribution in [3.63, 3.8) is 0 Å². The molecule has 4 heteroatoms. The molecule has 1 aromatic carbocycles. The van der Waals surface area contributed by atoms with E-state index in [4.69, 9.17) is 12.2 Å². The monoisotopic (exact) mass is 285 g/mol. The molecule has 0 bridgehead atoms. The van der Waals surface area contributed by atoms with Gasteiger partial charge in [0.05, 0.1) is 0 Å². The van der Waals surface area contributed by atoms with Gasteiger partial charge in [0.15, 0.2) is 0 Å². The van der Waals surface area contributed by atoms with Crippen LogP contribution in [0.1, 0.15) is 33.8 Å². The molecule has 104 valence electrons. The van der Waals surface area contributed by atoms with Gasteiger partial charge in [-0.1, -0.05) is 41.5 Å². The molecule has 0 fully saturated rings. The van der Waals surface area contributed by atoms with E-state index in [1.165, 1.54) is 22.4 Å². The summed E-state index contributed by atoms with van der Waals surface area (Å²) in [6.07, 6.45) is 1.81. The van der Waals surface area contributed by atoms with Crippen LogP contribution < -0.4 is 5.32 Å². The lowest BCUT2D eigenvalue weighted by atomic mass is 10.0. The van der Waals surface area contributed by atoms with Crippen molar-refractivity contribution in [3.8, 4) is 0 Å². The summed E-state index contributed by atoms with van der Waals surface area (Å²) in [6, 6.07) is 6.62. The third-order valence-electron chi connectivity index (χ3n) is 3.66. The fourth-order valence-corrected chi connectivity index (χ4v) is 3.17. The summed E-state index contributed by atoms with van der Waals surface area (Å²) in [6.45, 7) is 6.10. The number of hydrogen-bond donors (Lipinski definition) is 2. The van der Waals surface area contributed by atoms with E-state index < -0.39 is 0 Å². The number of nitrogens with zero attached hydrogens (tertiary/aromatic N) is 1. The molecule has 3 nitrogen and oxygen atoms in total. The number of rotatable bonds is 2. The number of aromatic amines is 1. The Balaban J connectivity index is 1.95. The second-order valence-electron chi connectivity index (χ2n) is 5.55. The van der Waals surface area contributed by atoms with Gasteiger partial charge in [-0.3, -0.25) is 0 Å². The predicted octanol–water partition coefficient (Wildman–Crippen LogP) is 2.99. The van der Waals surface area contributed by atoms with Gasteiger partial charge >= 0.3 is 0 Å². The molecule has 1 aliphatic rings. The standard InChI is InChI=1S/C16H19N3S/c1-10-5-11(2)7-12(6-10)8-15-18-14-3-4-17-9-13(14)16(20)19-15/h5-7,17H,3-4,8-9H2,1-2H3,(H,18,19,20). The average Bonchev–Trinajstić information content (AvgIpc) is 2.37. The first-order chi connectivity index (χ1) is 9.61. The number of fused-ring (bicyclic) bond motifs is 1. The average molecular weight is 285 g/mol. The second-order valence-corrected chi connectivity index (χ2v) is 5.93. The van der Waals surface area contributed by atoms with E-state index in [2.05, 4.69) is 47.3 Å². The molecule has 2 N–H and O–H groups in total. The number of benzene rings is 1. The van der Waals surface area contributed by atoms with Gasteiger partial charge < -0.3 is 10.3 Å². The Hall–Kier alpha value is -1.52. The van der Waals surface area contributed by atoms with Crippen LogP contribution in [0.25, 0.3) is 0 Å². The first-order valence-corrected chi connectivity index (χ1v) is 7.41.